The van der Waals surface area contributed by atoms with Crippen molar-refractivity contribution in [3.05, 3.63) is 35.9 Å². The van der Waals surface area contributed by atoms with Gasteiger partial charge >= 0.3 is 6.09 Å². The van der Waals surface area contributed by atoms with E-state index in [-0.39, 0.29) is 19.1 Å². The second-order valence-corrected chi connectivity index (χ2v) is 5.29. The first kappa shape index (κ1) is 18.5. The summed E-state index contributed by atoms with van der Waals surface area (Å²) in [7, 11) is 0. The summed E-state index contributed by atoms with van der Waals surface area (Å²) < 4.78 is 5.04. The maximum Gasteiger partial charge on any atom is 0.408 e. The lowest BCUT2D eigenvalue weighted by Gasteiger charge is -2.25. The molecule has 0 aliphatic heterocycles. The molecule has 0 aliphatic rings. The zero-order valence-corrected chi connectivity index (χ0v) is 13.2. The summed E-state index contributed by atoms with van der Waals surface area (Å²) in [5.74, 6) is -0.897. The van der Waals surface area contributed by atoms with Gasteiger partial charge in [-0.3, -0.25) is 4.79 Å². The van der Waals surface area contributed by atoms with E-state index in [0.29, 0.717) is 0 Å². The molecule has 0 bridgehead atoms. The number of nitrogens with one attached hydrogen (secondary N) is 2. The fraction of sp³-hybridized carbons (Fsp3) is 0.438. The van der Waals surface area contributed by atoms with Crippen LogP contribution in [0.4, 0.5) is 4.79 Å². The molecule has 124 valence electrons. The van der Waals surface area contributed by atoms with Crippen LogP contribution in [0.25, 0.3) is 0 Å². The number of aliphatic hydroxyl groups excluding tert-OH is 1. The highest BCUT2D eigenvalue weighted by Gasteiger charge is 2.30. The number of alkyl carbamates (subject to hydrolysis) is 1. The number of ether oxygens (including phenoxy) is 1. The van der Waals surface area contributed by atoms with Crippen LogP contribution in [0.1, 0.15) is 19.4 Å². The Hall–Kier alpha value is -2.59. The minimum atomic E-state index is -1.19. The van der Waals surface area contributed by atoms with Gasteiger partial charge in [-0.2, -0.15) is 5.26 Å². The number of hydrogen-bond acceptors (Lipinski definition) is 5. The molecule has 2 amide bonds. The summed E-state index contributed by atoms with van der Waals surface area (Å²) in [5.41, 5.74) is 0.803. The fourth-order valence-electron chi connectivity index (χ4n) is 1.82. The van der Waals surface area contributed by atoms with E-state index in [1.807, 2.05) is 18.2 Å². The van der Waals surface area contributed by atoms with E-state index < -0.39 is 24.1 Å². The van der Waals surface area contributed by atoms with Gasteiger partial charge in [0.25, 0.3) is 0 Å². The van der Waals surface area contributed by atoms with Crippen molar-refractivity contribution < 1.29 is 19.4 Å². The van der Waals surface area contributed by atoms with E-state index in [1.165, 1.54) is 0 Å². The Morgan fingerprint density at radius 1 is 1.30 bits per heavy atom. The Morgan fingerprint density at radius 3 is 2.52 bits per heavy atom. The lowest BCUT2D eigenvalue weighted by atomic mass is 9.99. The molecule has 7 nitrogen and oxygen atoms in total. The topological polar surface area (TPSA) is 111 Å². The maximum absolute atomic E-state index is 12.0. The van der Waals surface area contributed by atoms with Crippen LogP contribution in [0.3, 0.4) is 0 Å². The second-order valence-electron chi connectivity index (χ2n) is 5.29. The summed E-state index contributed by atoms with van der Waals surface area (Å²) in [6, 6.07) is 9.65. The van der Waals surface area contributed by atoms with Crippen molar-refractivity contribution in [2.45, 2.75) is 32.6 Å². The second kappa shape index (κ2) is 9.43. The number of rotatable bonds is 7. The third-order valence-corrected chi connectivity index (χ3v) is 3.13. The number of carbonyl (C=O) groups excluding carboxylic acids is 2. The van der Waals surface area contributed by atoms with Gasteiger partial charge in [-0.05, 0) is 11.5 Å². The fourth-order valence-corrected chi connectivity index (χ4v) is 1.82. The molecule has 0 aromatic heterocycles. The van der Waals surface area contributed by atoms with Crippen LogP contribution in [0.2, 0.25) is 0 Å². The molecule has 3 N–H and O–H groups in total. The summed E-state index contributed by atoms with van der Waals surface area (Å²) in [5, 5.41) is 23.2. The van der Waals surface area contributed by atoms with Crippen molar-refractivity contribution in [1.82, 2.24) is 10.6 Å². The highest BCUT2D eigenvalue weighted by molar-refractivity contribution is 5.86. The molecule has 0 fully saturated rings. The lowest BCUT2D eigenvalue weighted by molar-refractivity contribution is -0.126. The number of amides is 2. The molecular formula is C16H21N3O4. The van der Waals surface area contributed by atoms with Gasteiger partial charge in [0, 0.05) is 0 Å². The van der Waals surface area contributed by atoms with Crippen molar-refractivity contribution in [3.63, 3.8) is 0 Å². The molecule has 2 atom stereocenters. The van der Waals surface area contributed by atoms with Gasteiger partial charge in [-0.15, -0.1) is 0 Å². The van der Waals surface area contributed by atoms with Crippen molar-refractivity contribution in [3.8, 4) is 6.07 Å². The Labute approximate surface area is 135 Å². The van der Waals surface area contributed by atoms with Crippen LogP contribution < -0.4 is 10.6 Å². The van der Waals surface area contributed by atoms with E-state index in [0.717, 1.165) is 5.56 Å². The van der Waals surface area contributed by atoms with Crippen LogP contribution in [0.5, 0.6) is 0 Å². The van der Waals surface area contributed by atoms with Gasteiger partial charge in [-0.25, -0.2) is 4.79 Å². The molecule has 0 saturated heterocycles. The molecule has 23 heavy (non-hydrogen) atoms. The van der Waals surface area contributed by atoms with E-state index in [2.05, 4.69) is 10.6 Å². The van der Waals surface area contributed by atoms with Gasteiger partial charge < -0.3 is 20.5 Å². The Bertz CT molecular complexity index is 554. The number of benzene rings is 1. The minimum absolute atomic E-state index is 0.0526. The van der Waals surface area contributed by atoms with Crippen LogP contribution >= 0.6 is 0 Å². The zero-order valence-electron chi connectivity index (χ0n) is 13.2. The Kier molecular flexibility index (Phi) is 7.57. The molecule has 0 saturated carbocycles. The van der Waals surface area contributed by atoms with E-state index in [1.54, 1.807) is 32.0 Å². The summed E-state index contributed by atoms with van der Waals surface area (Å²) in [6.07, 6.45) is -1.91. The van der Waals surface area contributed by atoms with Gasteiger partial charge in [-0.1, -0.05) is 44.2 Å². The molecule has 1 aromatic carbocycles. The molecule has 1 rings (SSSR count). The molecule has 0 spiro atoms. The molecule has 0 unspecified atom stereocenters. The van der Waals surface area contributed by atoms with Crippen LogP contribution in [0.15, 0.2) is 30.3 Å². The van der Waals surface area contributed by atoms with Gasteiger partial charge in [0.2, 0.25) is 5.91 Å². The molecule has 0 aliphatic carbocycles. The number of carbonyl (C=O) groups is 2. The quantitative estimate of drug-likeness (QED) is 0.648. The number of nitriles is 1. The van der Waals surface area contributed by atoms with E-state index >= 15 is 0 Å². The smallest absolute Gasteiger partial charge is 0.408 e. The van der Waals surface area contributed by atoms with Crippen LogP contribution in [-0.4, -0.2) is 35.8 Å². The molecule has 1 aromatic rings. The van der Waals surface area contributed by atoms with E-state index in [9.17, 15) is 14.7 Å². The highest BCUT2D eigenvalue weighted by Crippen LogP contribution is 2.08. The standard InChI is InChI=1S/C16H21N3O4/c1-11(2)14(20)13(15(21)18-9-8-17)19-16(22)23-10-12-6-4-3-5-7-12/h3-7,11,13-14,20H,9-10H2,1-2H3,(H,18,21)(H,19,22)/t13-,14-/m0/s1. The Morgan fingerprint density at radius 2 is 1.96 bits per heavy atom. The lowest BCUT2D eigenvalue weighted by Crippen LogP contribution is -2.54. The largest absolute Gasteiger partial charge is 0.445 e. The van der Waals surface area contributed by atoms with Crippen molar-refractivity contribution in [1.29, 1.82) is 5.26 Å². The highest BCUT2D eigenvalue weighted by atomic mass is 16.5. The minimum Gasteiger partial charge on any atom is -0.445 e. The zero-order chi connectivity index (χ0) is 17.2. The normalized spacial score (nSPS) is 12.8. The molecular weight excluding hydrogens is 298 g/mol. The SMILES string of the molecule is CC(C)[C@H](O)[C@H](NC(=O)OCc1ccccc1)C(=O)NCC#N. The summed E-state index contributed by atoms with van der Waals surface area (Å²) in [4.78, 5) is 23.8. The first-order valence-corrected chi connectivity index (χ1v) is 7.25. The maximum atomic E-state index is 12.0. The predicted octanol–water partition coefficient (Wildman–Crippen LogP) is 0.938. The number of hydrogen-bond donors (Lipinski definition) is 3. The van der Waals surface area contributed by atoms with Crippen molar-refractivity contribution >= 4 is 12.0 Å². The first-order chi connectivity index (χ1) is 11.0. The summed E-state index contributed by atoms with van der Waals surface area (Å²) >= 11 is 0. The monoisotopic (exact) mass is 319 g/mol. The van der Waals surface area contributed by atoms with E-state index in [4.69, 9.17) is 10.00 Å². The van der Waals surface area contributed by atoms with Gasteiger partial charge in [0.05, 0.1) is 12.2 Å². The molecule has 0 heterocycles. The number of nitrogens with zero attached hydrogens (tertiary/aromatic N) is 1. The molecule has 7 heteroatoms. The first-order valence-electron chi connectivity index (χ1n) is 7.25. The van der Waals surface area contributed by atoms with Crippen LogP contribution in [0, 0.1) is 17.2 Å². The average Bonchev–Trinajstić information content (AvgIpc) is 2.55. The summed E-state index contributed by atoms with van der Waals surface area (Å²) in [6.45, 7) is 3.27. The van der Waals surface area contributed by atoms with Crippen LogP contribution in [-0.2, 0) is 16.1 Å². The predicted molar refractivity (Wildman–Crippen MR) is 83.0 cm³/mol. The van der Waals surface area contributed by atoms with Crippen molar-refractivity contribution in [2.75, 3.05) is 6.54 Å². The third kappa shape index (κ3) is 6.36. The Balaban J connectivity index is 2.62. The average molecular weight is 319 g/mol. The van der Waals surface area contributed by atoms with Gasteiger partial charge in [0.15, 0.2) is 0 Å². The third-order valence-electron chi connectivity index (χ3n) is 3.13. The number of aliphatic hydroxyl groups is 1. The molecule has 0 radical (unpaired) electrons. The van der Waals surface area contributed by atoms with Gasteiger partial charge in [0.1, 0.15) is 19.2 Å². The van der Waals surface area contributed by atoms with Crippen molar-refractivity contribution in [2.24, 2.45) is 5.92 Å².